The van der Waals surface area contributed by atoms with Crippen LogP contribution in [0.2, 0.25) is 0 Å². The van der Waals surface area contributed by atoms with Gasteiger partial charge in [-0.3, -0.25) is 4.79 Å². The molecule has 0 bridgehead atoms. The number of nitrogens with zero attached hydrogens (tertiary/aromatic N) is 1. The van der Waals surface area contributed by atoms with Gasteiger partial charge < -0.3 is 14.4 Å². The Labute approximate surface area is 113 Å². The van der Waals surface area contributed by atoms with Crippen molar-refractivity contribution in [1.82, 2.24) is 4.90 Å². The summed E-state index contributed by atoms with van der Waals surface area (Å²) in [5.41, 5.74) is 0.926. The monoisotopic (exact) mass is 265 g/mol. The van der Waals surface area contributed by atoms with Crippen molar-refractivity contribution in [3.05, 3.63) is 35.9 Å². The number of esters is 1. The van der Waals surface area contributed by atoms with Crippen LogP contribution in [0.4, 0.5) is 4.79 Å². The molecule has 0 aromatic heterocycles. The van der Waals surface area contributed by atoms with E-state index < -0.39 is 6.09 Å². The highest BCUT2D eigenvalue weighted by Gasteiger charge is 2.12. The first-order valence-electron chi connectivity index (χ1n) is 6.21. The molecule has 0 fully saturated rings. The van der Waals surface area contributed by atoms with Crippen LogP contribution in [-0.4, -0.2) is 37.2 Å². The molecule has 5 heteroatoms. The van der Waals surface area contributed by atoms with Gasteiger partial charge in [0.25, 0.3) is 0 Å². The second-order valence-electron chi connectivity index (χ2n) is 4.02. The predicted octanol–water partition coefficient (Wildman–Crippen LogP) is 2.21. The van der Waals surface area contributed by atoms with E-state index in [1.54, 1.807) is 14.0 Å². The Kier molecular flexibility index (Phi) is 6.43. The summed E-state index contributed by atoms with van der Waals surface area (Å²) in [6.45, 7) is 2.60. The zero-order valence-electron chi connectivity index (χ0n) is 11.3. The maximum absolute atomic E-state index is 11.6. The van der Waals surface area contributed by atoms with Crippen molar-refractivity contribution in [3.8, 4) is 0 Å². The minimum absolute atomic E-state index is 0.171. The van der Waals surface area contributed by atoms with E-state index in [1.807, 2.05) is 30.3 Å². The van der Waals surface area contributed by atoms with Gasteiger partial charge in [-0.2, -0.15) is 0 Å². The molecule has 0 spiro atoms. The van der Waals surface area contributed by atoms with Gasteiger partial charge in [-0.1, -0.05) is 30.3 Å². The summed E-state index contributed by atoms with van der Waals surface area (Å²) in [5, 5.41) is 0. The molecule has 0 aliphatic carbocycles. The molecule has 1 aromatic carbocycles. The minimum Gasteiger partial charge on any atom is -0.466 e. The number of hydrogen-bond acceptors (Lipinski definition) is 4. The Bertz CT molecular complexity index is 405. The van der Waals surface area contributed by atoms with E-state index in [9.17, 15) is 9.59 Å². The SMILES string of the molecule is CCOC(=O)CCN(C)C(=O)OCc1ccccc1. The van der Waals surface area contributed by atoms with E-state index in [-0.39, 0.29) is 25.5 Å². The highest BCUT2D eigenvalue weighted by atomic mass is 16.6. The van der Waals surface area contributed by atoms with Crippen molar-refractivity contribution in [2.24, 2.45) is 0 Å². The van der Waals surface area contributed by atoms with E-state index in [2.05, 4.69) is 0 Å². The number of rotatable bonds is 6. The van der Waals surface area contributed by atoms with Crippen LogP contribution in [0.1, 0.15) is 18.9 Å². The Morgan fingerprint density at radius 3 is 2.47 bits per heavy atom. The van der Waals surface area contributed by atoms with Crippen LogP contribution in [-0.2, 0) is 20.9 Å². The van der Waals surface area contributed by atoms with Crippen LogP contribution in [0.15, 0.2) is 30.3 Å². The summed E-state index contributed by atoms with van der Waals surface area (Å²) in [4.78, 5) is 24.1. The first kappa shape index (κ1) is 15.0. The van der Waals surface area contributed by atoms with Crippen molar-refractivity contribution in [2.75, 3.05) is 20.2 Å². The van der Waals surface area contributed by atoms with Crippen LogP contribution in [0.5, 0.6) is 0 Å². The summed E-state index contributed by atoms with van der Waals surface area (Å²) < 4.78 is 9.90. The Morgan fingerprint density at radius 2 is 1.84 bits per heavy atom. The fraction of sp³-hybridized carbons (Fsp3) is 0.429. The molecular formula is C14H19NO4. The highest BCUT2D eigenvalue weighted by Crippen LogP contribution is 2.03. The smallest absolute Gasteiger partial charge is 0.409 e. The summed E-state index contributed by atoms with van der Waals surface area (Å²) in [7, 11) is 1.59. The molecule has 1 aromatic rings. The largest absolute Gasteiger partial charge is 0.466 e. The second kappa shape index (κ2) is 8.13. The molecule has 104 valence electrons. The number of hydrogen-bond donors (Lipinski definition) is 0. The lowest BCUT2D eigenvalue weighted by molar-refractivity contribution is -0.143. The third-order valence-corrected chi connectivity index (χ3v) is 2.47. The van der Waals surface area contributed by atoms with Crippen LogP contribution in [0.3, 0.4) is 0 Å². The Hall–Kier alpha value is -2.04. The fourth-order valence-electron chi connectivity index (χ4n) is 1.41. The number of ether oxygens (including phenoxy) is 2. The minimum atomic E-state index is -0.451. The van der Waals surface area contributed by atoms with Gasteiger partial charge in [0, 0.05) is 13.6 Å². The molecule has 0 unspecified atom stereocenters. The van der Waals surface area contributed by atoms with Crippen molar-refractivity contribution >= 4 is 12.1 Å². The molecule has 0 N–H and O–H groups in total. The van der Waals surface area contributed by atoms with E-state index >= 15 is 0 Å². The van der Waals surface area contributed by atoms with Gasteiger partial charge in [-0.05, 0) is 12.5 Å². The Balaban J connectivity index is 2.27. The molecule has 0 heterocycles. The van der Waals surface area contributed by atoms with Gasteiger partial charge in [0.2, 0.25) is 0 Å². The summed E-state index contributed by atoms with van der Waals surface area (Å²) in [6, 6.07) is 9.43. The third-order valence-electron chi connectivity index (χ3n) is 2.47. The summed E-state index contributed by atoms with van der Waals surface area (Å²) >= 11 is 0. The zero-order chi connectivity index (χ0) is 14.1. The molecule has 19 heavy (non-hydrogen) atoms. The summed E-state index contributed by atoms with van der Waals surface area (Å²) in [5.74, 6) is -0.315. The van der Waals surface area contributed by atoms with E-state index in [0.717, 1.165) is 5.56 Å². The van der Waals surface area contributed by atoms with Gasteiger partial charge in [-0.15, -0.1) is 0 Å². The van der Waals surface area contributed by atoms with Crippen molar-refractivity contribution < 1.29 is 19.1 Å². The van der Waals surface area contributed by atoms with Gasteiger partial charge >= 0.3 is 12.1 Å². The van der Waals surface area contributed by atoms with Gasteiger partial charge in [0.05, 0.1) is 13.0 Å². The lowest BCUT2D eigenvalue weighted by Gasteiger charge is -2.16. The molecule has 0 aliphatic rings. The Morgan fingerprint density at radius 1 is 1.16 bits per heavy atom. The number of carbonyl (C=O) groups is 2. The van der Waals surface area contributed by atoms with Gasteiger partial charge in [-0.25, -0.2) is 4.79 Å². The van der Waals surface area contributed by atoms with Crippen LogP contribution >= 0.6 is 0 Å². The molecule has 1 rings (SSSR count). The van der Waals surface area contributed by atoms with Gasteiger partial charge in [0.15, 0.2) is 0 Å². The van der Waals surface area contributed by atoms with E-state index in [4.69, 9.17) is 9.47 Å². The molecule has 0 saturated carbocycles. The zero-order valence-corrected chi connectivity index (χ0v) is 11.3. The molecule has 5 nitrogen and oxygen atoms in total. The fourth-order valence-corrected chi connectivity index (χ4v) is 1.41. The average Bonchev–Trinajstić information content (AvgIpc) is 2.43. The first-order valence-corrected chi connectivity index (χ1v) is 6.21. The first-order chi connectivity index (χ1) is 9.13. The normalized spacial score (nSPS) is 9.79. The number of benzene rings is 1. The average molecular weight is 265 g/mol. The highest BCUT2D eigenvalue weighted by molar-refractivity contribution is 5.71. The maximum Gasteiger partial charge on any atom is 0.409 e. The number of carbonyl (C=O) groups excluding carboxylic acids is 2. The molecule has 1 amide bonds. The van der Waals surface area contributed by atoms with Gasteiger partial charge in [0.1, 0.15) is 6.61 Å². The summed E-state index contributed by atoms with van der Waals surface area (Å²) in [6.07, 6.45) is -0.279. The second-order valence-corrected chi connectivity index (χ2v) is 4.02. The molecular weight excluding hydrogens is 246 g/mol. The molecule has 0 radical (unpaired) electrons. The van der Waals surface area contributed by atoms with Crippen molar-refractivity contribution in [3.63, 3.8) is 0 Å². The van der Waals surface area contributed by atoms with Crippen LogP contribution in [0, 0.1) is 0 Å². The van der Waals surface area contributed by atoms with E-state index in [0.29, 0.717) is 6.61 Å². The standard InChI is InChI=1S/C14H19NO4/c1-3-18-13(16)9-10-15(2)14(17)19-11-12-7-5-4-6-8-12/h4-8H,3,9-11H2,1-2H3. The van der Waals surface area contributed by atoms with Crippen molar-refractivity contribution in [2.45, 2.75) is 20.0 Å². The lowest BCUT2D eigenvalue weighted by Crippen LogP contribution is -2.29. The van der Waals surface area contributed by atoms with Crippen LogP contribution in [0.25, 0.3) is 0 Å². The predicted molar refractivity (Wildman–Crippen MR) is 70.5 cm³/mol. The topological polar surface area (TPSA) is 55.8 Å². The molecule has 0 atom stereocenters. The number of amides is 1. The van der Waals surface area contributed by atoms with E-state index in [1.165, 1.54) is 4.90 Å². The quantitative estimate of drug-likeness (QED) is 0.740. The maximum atomic E-state index is 11.6. The van der Waals surface area contributed by atoms with Crippen molar-refractivity contribution in [1.29, 1.82) is 0 Å². The van der Waals surface area contributed by atoms with Crippen LogP contribution < -0.4 is 0 Å². The third kappa shape index (κ3) is 5.90. The molecule has 0 aliphatic heterocycles. The molecule has 0 saturated heterocycles. The lowest BCUT2D eigenvalue weighted by atomic mass is 10.2.